The average molecular weight is 296 g/mol. The van der Waals surface area contributed by atoms with Crippen molar-refractivity contribution in [3.8, 4) is 11.5 Å². The number of anilines is 1. The van der Waals surface area contributed by atoms with Gasteiger partial charge in [0, 0.05) is 0 Å². The fraction of sp³-hybridized carbons (Fsp3) is 0.0833. The summed E-state index contributed by atoms with van der Waals surface area (Å²) in [4.78, 5) is 21.3. The van der Waals surface area contributed by atoms with Crippen LogP contribution in [0.1, 0.15) is 5.56 Å². The van der Waals surface area contributed by atoms with Crippen LogP contribution in [0.4, 0.5) is 19.1 Å². The summed E-state index contributed by atoms with van der Waals surface area (Å²) in [6.07, 6.45) is -3.44. The molecular formula is C12H7F3N4O2. The van der Waals surface area contributed by atoms with Gasteiger partial charge in [-0.05, 0) is 18.2 Å². The second kappa shape index (κ2) is 4.33. The molecule has 6 nitrogen and oxygen atoms in total. The molecule has 3 heterocycles. The van der Waals surface area contributed by atoms with Crippen LogP contribution in [0.15, 0.2) is 33.7 Å². The van der Waals surface area contributed by atoms with E-state index in [4.69, 9.17) is 10.2 Å². The minimum Gasteiger partial charge on any atom is -0.463 e. The molecule has 0 fully saturated rings. The number of hydrogen-bond acceptors (Lipinski definition) is 5. The maximum atomic E-state index is 13.1. The van der Waals surface area contributed by atoms with Gasteiger partial charge in [-0.15, -0.1) is 0 Å². The fourth-order valence-electron chi connectivity index (χ4n) is 1.93. The Morgan fingerprint density at radius 1 is 1.29 bits per heavy atom. The number of nitrogens with one attached hydrogen (secondary N) is 1. The molecule has 0 amide bonds. The summed E-state index contributed by atoms with van der Waals surface area (Å²) in [6, 6.07) is 3.70. The van der Waals surface area contributed by atoms with E-state index in [9.17, 15) is 18.0 Å². The van der Waals surface area contributed by atoms with Gasteiger partial charge >= 0.3 is 6.18 Å². The van der Waals surface area contributed by atoms with Crippen molar-refractivity contribution < 1.29 is 17.6 Å². The molecule has 0 atom stereocenters. The van der Waals surface area contributed by atoms with Gasteiger partial charge in [-0.1, -0.05) is 0 Å². The minimum absolute atomic E-state index is 0.0858. The molecule has 0 saturated carbocycles. The van der Waals surface area contributed by atoms with Crippen LogP contribution in [-0.4, -0.2) is 15.0 Å². The Hall–Kier alpha value is -2.84. The Morgan fingerprint density at radius 3 is 2.67 bits per heavy atom. The molecule has 0 saturated heterocycles. The van der Waals surface area contributed by atoms with Crippen LogP contribution in [0.3, 0.4) is 0 Å². The van der Waals surface area contributed by atoms with E-state index in [1.165, 1.54) is 18.4 Å². The summed E-state index contributed by atoms with van der Waals surface area (Å²) >= 11 is 0. The van der Waals surface area contributed by atoms with Crippen molar-refractivity contribution in [2.45, 2.75) is 6.18 Å². The number of aromatic amines is 1. The van der Waals surface area contributed by atoms with Crippen LogP contribution in [0.25, 0.3) is 22.5 Å². The molecule has 3 aromatic rings. The second-order valence-electron chi connectivity index (χ2n) is 4.18. The number of pyridine rings is 1. The second-order valence-corrected chi connectivity index (χ2v) is 4.18. The van der Waals surface area contributed by atoms with Crippen LogP contribution in [0.2, 0.25) is 0 Å². The first-order chi connectivity index (χ1) is 9.86. The summed E-state index contributed by atoms with van der Waals surface area (Å²) in [5.74, 6) is -0.187. The van der Waals surface area contributed by atoms with Gasteiger partial charge in [0.15, 0.2) is 11.4 Å². The quantitative estimate of drug-likeness (QED) is 0.717. The van der Waals surface area contributed by atoms with E-state index in [0.717, 1.165) is 6.07 Å². The number of alkyl halides is 3. The Kier molecular flexibility index (Phi) is 2.71. The van der Waals surface area contributed by atoms with E-state index in [2.05, 4.69) is 9.97 Å². The van der Waals surface area contributed by atoms with Crippen LogP contribution < -0.4 is 11.3 Å². The largest absolute Gasteiger partial charge is 0.463 e. The van der Waals surface area contributed by atoms with Crippen LogP contribution in [0, 0.1) is 0 Å². The van der Waals surface area contributed by atoms with E-state index in [0.29, 0.717) is 0 Å². The van der Waals surface area contributed by atoms with Crippen molar-refractivity contribution >= 4 is 17.0 Å². The lowest BCUT2D eigenvalue weighted by atomic mass is 10.1. The third-order valence-corrected chi connectivity index (χ3v) is 2.77. The minimum atomic E-state index is -4.74. The fourth-order valence-corrected chi connectivity index (χ4v) is 1.93. The highest BCUT2D eigenvalue weighted by Gasteiger charge is 2.35. The average Bonchev–Trinajstić information content (AvgIpc) is 2.89. The maximum Gasteiger partial charge on any atom is 0.417 e. The smallest absolute Gasteiger partial charge is 0.417 e. The molecule has 0 aliphatic carbocycles. The lowest BCUT2D eigenvalue weighted by Gasteiger charge is -2.10. The number of nitrogens with two attached hydrogens (primary N) is 1. The monoisotopic (exact) mass is 296 g/mol. The van der Waals surface area contributed by atoms with Gasteiger partial charge in [0.05, 0.1) is 17.2 Å². The Morgan fingerprint density at radius 2 is 2.05 bits per heavy atom. The lowest BCUT2D eigenvalue weighted by Crippen LogP contribution is -2.18. The van der Waals surface area contributed by atoms with Crippen molar-refractivity contribution in [1.82, 2.24) is 15.0 Å². The van der Waals surface area contributed by atoms with Crippen molar-refractivity contribution in [2.75, 3.05) is 5.73 Å². The summed E-state index contributed by atoms with van der Waals surface area (Å²) in [6.45, 7) is 0. The molecule has 0 aliphatic heterocycles. The van der Waals surface area contributed by atoms with E-state index in [1.54, 1.807) is 0 Å². The summed E-state index contributed by atoms with van der Waals surface area (Å²) in [5, 5.41) is -0.660. The SMILES string of the molecule is Nc1nc2nc(-c3ccco3)cc(C(F)(F)F)c2c(=O)[nH]1. The zero-order valence-corrected chi connectivity index (χ0v) is 10.2. The molecule has 108 valence electrons. The molecule has 3 aromatic heterocycles. The van der Waals surface area contributed by atoms with Gasteiger partial charge in [-0.25, -0.2) is 4.98 Å². The number of rotatable bonds is 1. The van der Waals surface area contributed by atoms with Gasteiger partial charge in [-0.2, -0.15) is 18.2 Å². The molecule has 0 aromatic carbocycles. The number of furan rings is 1. The first kappa shape index (κ1) is 13.2. The third kappa shape index (κ3) is 2.22. The summed E-state index contributed by atoms with van der Waals surface area (Å²) in [7, 11) is 0. The lowest BCUT2D eigenvalue weighted by molar-refractivity contribution is -0.136. The van der Waals surface area contributed by atoms with Crippen LogP contribution in [0.5, 0.6) is 0 Å². The third-order valence-electron chi connectivity index (χ3n) is 2.77. The van der Waals surface area contributed by atoms with Gasteiger partial charge in [0.25, 0.3) is 5.56 Å². The van der Waals surface area contributed by atoms with Crippen LogP contribution >= 0.6 is 0 Å². The molecule has 0 aliphatic rings. The number of nitrogen functional groups attached to an aromatic ring is 1. The number of fused-ring (bicyclic) bond motifs is 1. The molecule has 3 rings (SSSR count). The molecule has 0 spiro atoms. The number of aromatic nitrogens is 3. The van der Waals surface area contributed by atoms with Crippen molar-refractivity contribution in [3.05, 3.63) is 40.4 Å². The van der Waals surface area contributed by atoms with E-state index >= 15 is 0 Å². The number of nitrogens with zero attached hydrogens (tertiary/aromatic N) is 2. The van der Waals surface area contributed by atoms with Gasteiger partial charge in [0.1, 0.15) is 5.69 Å². The molecule has 0 bridgehead atoms. The molecule has 21 heavy (non-hydrogen) atoms. The summed E-state index contributed by atoms with van der Waals surface area (Å²) < 4.78 is 44.5. The predicted molar refractivity (Wildman–Crippen MR) is 67.3 cm³/mol. The highest BCUT2D eigenvalue weighted by molar-refractivity contribution is 5.82. The number of hydrogen-bond donors (Lipinski definition) is 2. The van der Waals surface area contributed by atoms with Crippen molar-refractivity contribution in [2.24, 2.45) is 0 Å². The zero-order chi connectivity index (χ0) is 15.2. The number of H-pyrrole nitrogens is 1. The Balaban J connectivity index is 2.43. The maximum absolute atomic E-state index is 13.1. The highest BCUT2D eigenvalue weighted by atomic mass is 19.4. The Bertz CT molecular complexity index is 869. The topological polar surface area (TPSA) is 97.8 Å². The summed E-state index contributed by atoms with van der Waals surface area (Å²) in [5.41, 5.74) is 2.72. The highest BCUT2D eigenvalue weighted by Crippen LogP contribution is 2.35. The van der Waals surface area contributed by atoms with Crippen molar-refractivity contribution in [3.63, 3.8) is 0 Å². The van der Waals surface area contributed by atoms with Crippen LogP contribution in [-0.2, 0) is 6.18 Å². The van der Waals surface area contributed by atoms with E-state index in [-0.39, 0.29) is 17.4 Å². The number of halogens is 3. The van der Waals surface area contributed by atoms with E-state index < -0.39 is 28.3 Å². The van der Waals surface area contributed by atoms with Gasteiger partial charge in [0.2, 0.25) is 5.95 Å². The molecule has 3 N–H and O–H groups in total. The van der Waals surface area contributed by atoms with Gasteiger partial charge < -0.3 is 10.2 Å². The normalized spacial score (nSPS) is 12.0. The van der Waals surface area contributed by atoms with Crippen molar-refractivity contribution in [1.29, 1.82) is 0 Å². The molecule has 9 heteroatoms. The first-order valence-corrected chi connectivity index (χ1v) is 5.68. The Labute approximate surface area is 114 Å². The molecule has 0 unspecified atom stereocenters. The molecular weight excluding hydrogens is 289 g/mol. The van der Waals surface area contributed by atoms with Gasteiger partial charge in [-0.3, -0.25) is 9.78 Å². The zero-order valence-electron chi connectivity index (χ0n) is 10.2. The standard InChI is InChI=1S/C12H7F3N4O2/c13-12(14,15)5-4-6(7-2-1-3-21-7)17-9-8(5)10(20)19-11(16)18-9/h1-4H,(H3,16,17,18,19,20). The predicted octanol–water partition coefficient (Wildman–Crippen LogP) is 2.18. The molecule has 0 radical (unpaired) electrons. The first-order valence-electron chi connectivity index (χ1n) is 5.68. The van der Waals surface area contributed by atoms with E-state index in [1.807, 2.05) is 4.98 Å².